The van der Waals surface area contributed by atoms with Crippen molar-refractivity contribution in [1.82, 2.24) is 15.3 Å². The molecule has 0 bridgehead atoms. The Labute approximate surface area is 169 Å². The van der Waals surface area contributed by atoms with Crippen molar-refractivity contribution in [1.29, 1.82) is 0 Å². The molecular weight excluding hydrogens is 372 g/mol. The quantitative estimate of drug-likeness (QED) is 0.766. The van der Waals surface area contributed by atoms with Gasteiger partial charge < -0.3 is 24.8 Å². The van der Waals surface area contributed by atoms with E-state index in [0.29, 0.717) is 19.2 Å². The van der Waals surface area contributed by atoms with Crippen molar-refractivity contribution < 1.29 is 19.0 Å². The van der Waals surface area contributed by atoms with Gasteiger partial charge in [-0.3, -0.25) is 4.79 Å². The highest BCUT2D eigenvalue weighted by molar-refractivity contribution is 5.81. The van der Waals surface area contributed by atoms with Crippen LogP contribution < -0.4 is 15.4 Å². The SMILES string of the molecule is COc1ccc(-c2ccnc(N[C@H]3CO[C@H]4[C@@H]3OC[C@@H]4NC(=O)C3CC3)n2)cc1. The highest BCUT2D eigenvalue weighted by Gasteiger charge is 2.49. The fraction of sp³-hybridized carbons (Fsp3) is 0.476. The van der Waals surface area contributed by atoms with Crippen molar-refractivity contribution in [3.05, 3.63) is 36.5 Å². The van der Waals surface area contributed by atoms with Crippen molar-refractivity contribution in [3.63, 3.8) is 0 Å². The highest BCUT2D eigenvalue weighted by Crippen LogP contribution is 2.32. The van der Waals surface area contributed by atoms with Crippen LogP contribution in [-0.2, 0) is 14.3 Å². The Morgan fingerprint density at radius 3 is 2.52 bits per heavy atom. The molecule has 0 radical (unpaired) electrons. The van der Waals surface area contributed by atoms with Gasteiger partial charge >= 0.3 is 0 Å². The molecule has 2 aromatic rings. The van der Waals surface area contributed by atoms with Crippen LogP contribution in [0, 0.1) is 5.92 Å². The number of anilines is 1. The number of rotatable bonds is 6. The normalized spacial score (nSPS) is 28.0. The number of hydrogen-bond acceptors (Lipinski definition) is 7. The Balaban J connectivity index is 1.24. The summed E-state index contributed by atoms with van der Waals surface area (Å²) in [6.45, 7) is 0.958. The van der Waals surface area contributed by atoms with Gasteiger partial charge in [-0.1, -0.05) is 0 Å². The van der Waals surface area contributed by atoms with E-state index in [1.54, 1.807) is 13.3 Å². The van der Waals surface area contributed by atoms with Crippen molar-refractivity contribution in [2.75, 3.05) is 25.6 Å². The van der Waals surface area contributed by atoms with E-state index < -0.39 is 0 Å². The molecule has 152 valence electrons. The average Bonchev–Trinajstić information content (AvgIpc) is 3.43. The molecule has 1 aromatic heterocycles. The van der Waals surface area contributed by atoms with Crippen LogP contribution in [0.1, 0.15) is 12.8 Å². The minimum Gasteiger partial charge on any atom is -0.497 e. The molecule has 1 aromatic carbocycles. The van der Waals surface area contributed by atoms with E-state index in [9.17, 15) is 4.79 Å². The number of amides is 1. The Bertz CT molecular complexity index is 887. The van der Waals surface area contributed by atoms with E-state index in [4.69, 9.17) is 14.2 Å². The summed E-state index contributed by atoms with van der Waals surface area (Å²) in [4.78, 5) is 21.0. The Kier molecular flexibility index (Phi) is 4.81. The topological polar surface area (TPSA) is 94.6 Å². The fourth-order valence-electron chi connectivity index (χ4n) is 3.91. The van der Waals surface area contributed by atoms with Crippen molar-refractivity contribution in [2.45, 2.75) is 37.1 Å². The number of nitrogens with zero attached hydrogens (tertiary/aromatic N) is 2. The van der Waals surface area contributed by atoms with Gasteiger partial charge in [0.2, 0.25) is 11.9 Å². The van der Waals surface area contributed by atoms with E-state index in [2.05, 4.69) is 20.6 Å². The molecule has 0 spiro atoms. The number of nitrogens with one attached hydrogen (secondary N) is 2. The molecule has 1 aliphatic carbocycles. The van der Waals surface area contributed by atoms with Gasteiger partial charge in [0.15, 0.2) is 0 Å². The number of aromatic nitrogens is 2. The first kappa shape index (κ1) is 18.3. The Hall–Kier alpha value is -2.71. The van der Waals surface area contributed by atoms with Gasteiger partial charge in [0.25, 0.3) is 0 Å². The lowest BCUT2D eigenvalue weighted by molar-refractivity contribution is -0.123. The molecule has 2 saturated heterocycles. The lowest BCUT2D eigenvalue weighted by atomic mass is 10.1. The van der Waals surface area contributed by atoms with Crippen LogP contribution in [-0.4, -0.2) is 60.5 Å². The molecule has 1 saturated carbocycles. The molecule has 8 heteroatoms. The minimum absolute atomic E-state index is 0.0612. The summed E-state index contributed by atoms with van der Waals surface area (Å²) in [5.74, 6) is 1.63. The van der Waals surface area contributed by atoms with Crippen molar-refractivity contribution in [2.24, 2.45) is 5.92 Å². The molecule has 3 aliphatic rings. The summed E-state index contributed by atoms with van der Waals surface area (Å²) >= 11 is 0. The molecule has 0 unspecified atom stereocenters. The second kappa shape index (κ2) is 7.61. The number of hydrogen-bond donors (Lipinski definition) is 2. The zero-order chi connectivity index (χ0) is 19.8. The fourth-order valence-corrected chi connectivity index (χ4v) is 3.91. The monoisotopic (exact) mass is 396 g/mol. The molecule has 5 rings (SSSR count). The number of fused-ring (bicyclic) bond motifs is 1. The van der Waals surface area contributed by atoms with E-state index in [0.717, 1.165) is 29.8 Å². The number of methoxy groups -OCH3 is 1. The predicted octanol–water partition coefficient (Wildman–Crippen LogP) is 1.63. The molecular formula is C21H24N4O4. The van der Waals surface area contributed by atoms with Crippen LogP contribution >= 0.6 is 0 Å². The maximum Gasteiger partial charge on any atom is 0.223 e. The minimum atomic E-state index is -0.139. The van der Waals surface area contributed by atoms with Gasteiger partial charge in [0.05, 0.1) is 38.1 Å². The summed E-state index contributed by atoms with van der Waals surface area (Å²) < 4.78 is 17.1. The number of ether oxygens (including phenoxy) is 3. The molecule has 2 N–H and O–H groups in total. The summed E-state index contributed by atoms with van der Waals surface area (Å²) in [6, 6.07) is 9.46. The van der Waals surface area contributed by atoms with E-state index in [1.807, 2.05) is 30.3 Å². The maximum atomic E-state index is 12.1. The zero-order valence-corrected chi connectivity index (χ0v) is 16.2. The van der Waals surface area contributed by atoms with E-state index >= 15 is 0 Å². The van der Waals surface area contributed by atoms with Gasteiger partial charge in [-0.05, 0) is 43.2 Å². The molecule has 8 nitrogen and oxygen atoms in total. The molecule has 4 atom stereocenters. The van der Waals surface area contributed by atoms with Gasteiger partial charge in [-0.15, -0.1) is 0 Å². The molecule has 3 heterocycles. The first-order chi connectivity index (χ1) is 14.2. The Morgan fingerprint density at radius 1 is 1.07 bits per heavy atom. The predicted molar refractivity (Wildman–Crippen MR) is 106 cm³/mol. The van der Waals surface area contributed by atoms with E-state index in [-0.39, 0.29) is 36.1 Å². The largest absolute Gasteiger partial charge is 0.497 e. The lowest BCUT2D eigenvalue weighted by Gasteiger charge is -2.18. The number of carbonyl (C=O) groups is 1. The second-order valence-corrected chi connectivity index (χ2v) is 7.73. The summed E-state index contributed by atoms with van der Waals surface area (Å²) in [6.07, 6.45) is 3.43. The zero-order valence-electron chi connectivity index (χ0n) is 16.2. The van der Waals surface area contributed by atoms with Crippen LogP contribution in [0.4, 0.5) is 5.95 Å². The van der Waals surface area contributed by atoms with Crippen LogP contribution in [0.2, 0.25) is 0 Å². The summed E-state index contributed by atoms with van der Waals surface area (Å²) in [7, 11) is 1.64. The van der Waals surface area contributed by atoms with Gasteiger partial charge in [0.1, 0.15) is 18.0 Å². The number of benzene rings is 1. The van der Waals surface area contributed by atoms with Crippen molar-refractivity contribution >= 4 is 11.9 Å². The van der Waals surface area contributed by atoms with E-state index in [1.165, 1.54) is 0 Å². The first-order valence-corrected chi connectivity index (χ1v) is 9.99. The third-order valence-corrected chi connectivity index (χ3v) is 5.69. The van der Waals surface area contributed by atoms with Gasteiger partial charge in [0, 0.05) is 17.7 Å². The highest BCUT2D eigenvalue weighted by atomic mass is 16.6. The molecule has 2 aliphatic heterocycles. The summed E-state index contributed by atoms with van der Waals surface area (Å²) in [5, 5.41) is 6.42. The van der Waals surface area contributed by atoms with Gasteiger partial charge in [-0.2, -0.15) is 0 Å². The average molecular weight is 396 g/mol. The molecule has 29 heavy (non-hydrogen) atoms. The standard InChI is InChI=1S/C21H24N4O4/c1-27-14-6-4-12(5-7-14)15-8-9-22-21(24-15)25-17-11-29-18-16(10-28-19(17)18)23-20(26)13-2-3-13/h4-9,13,16-19H,2-3,10-11H2,1H3,(H,23,26)(H,22,24,25)/t16-,17-,18+,19+/m0/s1. The van der Waals surface area contributed by atoms with Crippen LogP contribution in [0.25, 0.3) is 11.3 Å². The third kappa shape index (κ3) is 3.77. The maximum absolute atomic E-state index is 12.1. The second-order valence-electron chi connectivity index (χ2n) is 7.73. The molecule has 3 fully saturated rings. The van der Waals surface area contributed by atoms with Gasteiger partial charge in [-0.25, -0.2) is 9.97 Å². The molecule has 1 amide bonds. The van der Waals surface area contributed by atoms with Crippen LogP contribution in [0.5, 0.6) is 5.75 Å². The summed E-state index contributed by atoms with van der Waals surface area (Å²) in [5.41, 5.74) is 1.80. The van der Waals surface area contributed by atoms with Crippen LogP contribution in [0.3, 0.4) is 0 Å². The Morgan fingerprint density at radius 2 is 1.79 bits per heavy atom. The number of carbonyl (C=O) groups excluding carboxylic acids is 1. The lowest BCUT2D eigenvalue weighted by Crippen LogP contribution is -2.45. The smallest absolute Gasteiger partial charge is 0.223 e. The van der Waals surface area contributed by atoms with Crippen molar-refractivity contribution in [3.8, 4) is 17.0 Å². The first-order valence-electron chi connectivity index (χ1n) is 9.99. The van der Waals surface area contributed by atoms with Crippen LogP contribution in [0.15, 0.2) is 36.5 Å². The third-order valence-electron chi connectivity index (χ3n) is 5.69.